The van der Waals surface area contributed by atoms with Crippen molar-refractivity contribution in [2.24, 2.45) is 5.73 Å². The Balaban J connectivity index is 2.40. The van der Waals surface area contributed by atoms with Gasteiger partial charge in [-0.2, -0.15) is 0 Å². The number of anilines is 1. The van der Waals surface area contributed by atoms with Crippen molar-refractivity contribution in [3.05, 3.63) is 27.8 Å². The first-order valence-electron chi connectivity index (χ1n) is 10.3. The Labute approximate surface area is 166 Å². The molecule has 0 radical (unpaired) electrons. The number of nitrogens with one attached hydrogen (secondary N) is 1. The van der Waals surface area contributed by atoms with Gasteiger partial charge in [-0.1, -0.05) is 33.1 Å². The van der Waals surface area contributed by atoms with Crippen LogP contribution in [0.15, 0.2) is 12.1 Å². The zero-order valence-corrected chi connectivity index (χ0v) is 16.9. The first kappa shape index (κ1) is 22.4. The molecule has 0 amide bonds. The molecule has 28 heavy (non-hydrogen) atoms. The molecule has 158 valence electrons. The highest BCUT2D eigenvalue weighted by Crippen LogP contribution is 2.46. The van der Waals surface area contributed by atoms with Gasteiger partial charge in [-0.3, -0.25) is 10.1 Å². The number of benzene rings is 1. The zero-order chi connectivity index (χ0) is 20.7. The molecular formula is C20H34N4O4. The van der Waals surface area contributed by atoms with Crippen LogP contribution in [0.1, 0.15) is 70.4 Å². The molecular weight excluding hydrogens is 360 g/mol. The summed E-state index contributed by atoms with van der Waals surface area (Å²) in [6, 6.07) is 2.58. The molecule has 6 N–H and O–H groups in total. The number of hydrogen-bond acceptors (Lipinski definition) is 7. The van der Waals surface area contributed by atoms with E-state index in [-0.39, 0.29) is 17.4 Å². The van der Waals surface area contributed by atoms with E-state index in [1.54, 1.807) is 6.07 Å². The van der Waals surface area contributed by atoms with E-state index < -0.39 is 16.6 Å². The van der Waals surface area contributed by atoms with Crippen LogP contribution in [0.4, 0.5) is 11.4 Å². The van der Waals surface area contributed by atoms with Crippen LogP contribution in [-0.2, 0) is 0 Å². The zero-order valence-electron chi connectivity index (χ0n) is 16.9. The molecule has 1 aliphatic heterocycles. The average molecular weight is 395 g/mol. The third-order valence-corrected chi connectivity index (χ3v) is 5.45. The molecule has 0 saturated heterocycles. The second-order valence-electron chi connectivity index (χ2n) is 7.60. The van der Waals surface area contributed by atoms with E-state index in [1.165, 1.54) is 6.07 Å². The fourth-order valence-corrected chi connectivity index (χ4v) is 4.14. The topological polar surface area (TPSA) is 137 Å². The molecule has 1 aliphatic rings. The van der Waals surface area contributed by atoms with Crippen LogP contribution in [0.25, 0.3) is 0 Å². The molecule has 0 aliphatic carbocycles. The minimum Gasteiger partial charge on any atom is -0.484 e. The molecule has 8 nitrogen and oxygen atoms in total. The van der Waals surface area contributed by atoms with Crippen molar-refractivity contribution in [2.45, 2.75) is 76.5 Å². The number of nitrogens with zero attached hydrogens (tertiary/aromatic N) is 1. The van der Waals surface area contributed by atoms with Gasteiger partial charge in [0.05, 0.1) is 17.0 Å². The van der Waals surface area contributed by atoms with Crippen LogP contribution in [0.2, 0.25) is 0 Å². The lowest BCUT2D eigenvalue weighted by atomic mass is 9.78. The first-order chi connectivity index (χ1) is 13.4. The van der Waals surface area contributed by atoms with Crippen molar-refractivity contribution >= 4 is 11.4 Å². The predicted octanol–water partition coefficient (Wildman–Crippen LogP) is 3.03. The van der Waals surface area contributed by atoms with Crippen LogP contribution in [0.3, 0.4) is 0 Å². The standard InChI is InChI=1S/C20H34N4O4/c1-3-8-20(9-4-2)19(25)18(23-11-7-5-6-10-21)14-12-15(22)16(24(26)27)13-17(14)28-20/h12-13,18-19,23,25H,3-11,21-22H2,1-2H3. The molecule has 0 bridgehead atoms. The maximum absolute atomic E-state index is 11.3. The van der Waals surface area contributed by atoms with Crippen molar-refractivity contribution in [3.8, 4) is 5.75 Å². The highest BCUT2D eigenvalue weighted by molar-refractivity contribution is 5.65. The monoisotopic (exact) mass is 394 g/mol. The molecule has 0 spiro atoms. The van der Waals surface area contributed by atoms with E-state index in [2.05, 4.69) is 5.32 Å². The van der Waals surface area contributed by atoms with E-state index in [4.69, 9.17) is 16.2 Å². The second-order valence-corrected chi connectivity index (χ2v) is 7.60. The minimum absolute atomic E-state index is 0.0768. The van der Waals surface area contributed by atoms with Gasteiger partial charge < -0.3 is 26.6 Å². The number of aliphatic hydroxyl groups is 1. The highest BCUT2D eigenvalue weighted by atomic mass is 16.6. The second kappa shape index (κ2) is 10.0. The number of ether oxygens (including phenoxy) is 1. The van der Waals surface area contributed by atoms with Gasteiger partial charge in [0.15, 0.2) is 0 Å². The molecule has 2 atom stereocenters. The van der Waals surface area contributed by atoms with Gasteiger partial charge in [0.25, 0.3) is 5.69 Å². The summed E-state index contributed by atoms with van der Waals surface area (Å²) in [5.74, 6) is 0.438. The Hall–Kier alpha value is -1.90. The number of hydrogen-bond donors (Lipinski definition) is 4. The molecule has 1 heterocycles. The maximum atomic E-state index is 11.3. The Kier molecular flexibility index (Phi) is 8.03. The van der Waals surface area contributed by atoms with Gasteiger partial charge in [-0.05, 0) is 44.8 Å². The minimum atomic E-state index is -0.768. The molecule has 8 heteroatoms. The van der Waals surface area contributed by atoms with Gasteiger partial charge in [0.2, 0.25) is 0 Å². The quantitative estimate of drug-likeness (QED) is 0.196. The number of aliphatic hydroxyl groups excluding tert-OH is 1. The summed E-state index contributed by atoms with van der Waals surface area (Å²) in [7, 11) is 0. The van der Waals surface area contributed by atoms with Crippen molar-refractivity contribution in [1.29, 1.82) is 0 Å². The smallest absolute Gasteiger partial charge is 0.295 e. The normalized spacial score (nSPS) is 20.4. The van der Waals surface area contributed by atoms with Gasteiger partial charge in [0, 0.05) is 5.56 Å². The summed E-state index contributed by atoms with van der Waals surface area (Å²) in [6.07, 6.45) is 5.16. The van der Waals surface area contributed by atoms with Crippen LogP contribution >= 0.6 is 0 Å². The van der Waals surface area contributed by atoms with Crippen molar-refractivity contribution < 1.29 is 14.8 Å². The van der Waals surface area contributed by atoms with Crippen molar-refractivity contribution in [3.63, 3.8) is 0 Å². The average Bonchev–Trinajstić information content (AvgIpc) is 2.65. The molecule has 2 unspecified atom stereocenters. The lowest BCUT2D eigenvalue weighted by Gasteiger charge is -2.46. The SMILES string of the molecule is CCCC1(CCC)Oc2cc([N+](=O)[O-])c(N)cc2C(NCCCCCN)C1O. The maximum Gasteiger partial charge on any atom is 0.295 e. The van der Waals surface area contributed by atoms with E-state index in [0.29, 0.717) is 37.2 Å². The van der Waals surface area contributed by atoms with Crippen LogP contribution < -0.4 is 21.5 Å². The number of nitrogens with two attached hydrogens (primary N) is 2. The summed E-state index contributed by atoms with van der Waals surface area (Å²) in [6.45, 7) is 5.47. The summed E-state index contributed by atoms with van der Waals surface area (Å²) >= 11 is 0. The Morgan fingerprint density at radius 2 is 1.93 bits per heavy atom. The summed E-state index contributed by atoms with van der Waals surface area (Å²) in [4.78, 5) is 10.8. The Morgan fingerprint density at radius 3 is 2.50 bits per heavy atom. The van der Waals surface area contributed by atoms with Crippen LogP contribution in [0.5, 0.6) is 5.75 Å². The number of nitro groups is 1. The van der Waals surface area contributed by atoms with E-state index >= 15 is 0 Å². The third-order valence-electron chi connectivity index (χ3n) is 5.45. The van der Waals surface area contributed by atoms with E-state index in [9.17, 15) is 15.2 Å². The Morgan fingerprint density at radius 1 is 1.25 bits per heavy atom. The van der Waals surface area contributed by atoms with Crippen molar-refractivity contribution in [1.82, 2.24) is 5.32 Å². The number of fused-ring (bicyclic) bond motifs is 1. The van der Waals surface area contributed by atoms with Gasteiger partial charge in [0.1, 0.15) is 23.1 Å². The third kappa shape index (κ3) is 4.74. The predicted molar refractivity (Wildman–Crippen MR) is 110 cm³/mol. The van der Waals surface area contributed by atoms with Crippen LogP contribution in [-0.4, -0.2) is 34.8 Å². The van der Waals surface area contributed by atoms with E-state index in [1.807, 2.05) is 13.8 Å². The Bertz CT molecular complexity index is 662. The molecule has 0 saturated carbocycles. The molecule has 2 rings (SSSR count). The van der Waals surface area contributed by atoms with Gasteiger partial charge >= 0.3 is 0 Å². The lowest BCUT2D eigenvalue weighted by Crippen LogP contribution is -2.56. The molecule has 1 aromatic carbocycles. The summed E-state index contributed by atoms with van der Waals surface area (Å²) < 4.78 is 6.27. The van der Waals surface area contributed by atoms with Gasteiger partial charge in [-0.25, -0.2) is 0 Å². The van der Waals surface area contributed by atoms with E-state index in [0.717, 1.165) is 32.1 Å². The first-order valence-corrected chi connectivity index (χ1v) is 10.3. The largest absolute Gasteiger partial charge is 0.484 e. The fourth-order valence-electron chi connectivity index (χ4n) is 4.14. The number of rotatable bonds is 11. The molecule has 1 aromatic rings. The number of unbranched alkanes of at least 4 members (excludes halogenated alkanes) is 2. The highest BCUT2D eigenvalue weighted by Gasteiger charge is 2.48. The molecule has 0 aromatic heterocycles. The van der Waals surface area contributed by atoms with Crippen LogP contribution in [0, 0.1) is 10.1 Å². The lowest BCUT2D eigenvalue weighted by molar-refractivity contribution is -0.384. The summed E-state index contributed by atoms with van der Waals surface area (Å²) in [5.41, 5.74) is 11.3. The van der Waals surface area contributed by atoms with Gasteiger partial charge in [-0.15, -0.1) is 0 Å². The molecule has 0 fully saturated rings. The number of nitro benzene ring substituents is 1. The van der Waals surface area contributed by atoms with Crippen molar-refractivity contribution in [2.75, 3.05) is 18.8 Å². The fraction of sp³-hybridized carbons (Fsp3) is 0.700. The number of nitrogen functional groups attached to an aromatic ring is 1. The summed E-state index contributed by atoms with van der Waals surface area (Å²) in [5, 5.41) is 26.0.